The van der Waals surface area contributed by atoms with E-state index in [4.69, 9.17) is 11.6 Å². The molecule has 0 aromatic heterocycles. The molecule has 1 aromatic carbocycles. The van der Waals surface area contributed by atoms with Crippen molar-refractivity contribution in [2.75, 3.05) is 26.7 Å². The molecule has 2 nitrogen and oxygen atoms in total. The summed E-state index contributed by atoms with van der Waals surface area (Å²) in [5, 5.41) is 4.29. The third-order valence-electron chi connectivity index (χ3n) is 5.01. The van der Waals surface area contributed by atoms with Gasteiger partial charge in [0.2, 0.25) is 0 Å². The zero-order chi connectivity index (χ0) is 14.6. The summed E-state index contributed by atoms with van der Waals surface area (Å²) in [5.74, 6) is 0. The quantitative estimate of drug-likeness (QED) is 0.879. The summed E-state index contributed by atoms with van der Waals surface area (Å²) < 4.78 is 0. The third kappa shape index (κ3) is 3.75. The molecular weight excluding hydrogens is 268 g/mol. The molecule has 1 aliphatic heterocycles. The number of nitrogens with zero attached hydrogens (tertiary/aromatic N) is 1. The monoisotopic (exact) mass is 294 g/mol. The molecule has 2 rings (SSSR count). The average Bonchev–Trinajstić information content (AvgIpc) is 2.48. The van der Waals surface area contributed by atoms with Gasteiger partial charge in [-0.15, -0.1) is 0 Å². The van der Waals surface area contributed by atoms with Gasteiger partial charge in [0.25, 0.3) is 0 Å². The molecule has 0 radical (unpaired) electrons. The number of benzene rings is 1. The highest BCUT2D eigenvalue weighted by atomic mass is 35.5. The minimum Gasteiger partial charge on any atom is -0.317 e. The minimum absolute atomic E-state index is 0.436. The summed E-state index contributed by atoms with van der Waals surface area (Å²) in [4.78, 5) is 2.50. The van der Waals surface area contributed by atoms with Gasteiger partial charge in [-0.25, -0.2) is 0 Å². The maximum absolute atomic E-state index is 5.98. The number of piperidine rings is 1. The molecule has 20 heavy (non-hydrogen) atoms. The van der Waals surface area contributed by atoms with Crippen molar-refractivity contribution in [3.05, 3.63) is 34.9 Å². The van der Waals surface area contributed by atoms with Crippen LogP contribution in [0.2, 0.25) is 5.02 Å². The van der Waals surface area contributed by atoms with Gasteiger partial charge < -0.3 is 5.32 Å². The molecule has 1 saturated heterocycles. The van der Waals surface area contributed by atoms with Crippen LogP contribution in [0.15, 0.2) is 24.3 Å². The van der Waals surface area contributed by atoms with Gasteiger partial charge in [-0.1, -0.05) is 30.7 Å². The first-order valence-corrected chi connectivity index (χ1v) is 8.10. The zero-order valence-electron chi connectivity index (χ0n) is 13.0. The number of rotatable bonds is 5. The maximum Gasteiger partial charge on any atom is 0.0406 e. The molecule has 1 heterocycles. The first-order chi connectivity index (χ1) is 9.56. The maximum atomic E-state index is 5.98. The predicted molar refractivity (Wildman–Crippen MR) is 87.3 cm³/mol. The highest BCUT2D eigenvalue weighted by Crippen LogP contribution is 2.35. The van der Waals surface area contributed by atoms with Crippen molar-refractivity contribution in [3.63, 3.8) is 0 Å². The topological polar surface area (TPSA) is 15.3 Å². The van der Waals surface area contributed by atoms with Crippen LogP contribution in [0, 0.1) is 5.41 Å². The Labute approximate surface area is 128 Å². The SMILES string of the molecule is CCC1(CN(C)C(C)c2ccc(Cl)cc2)CCNCC1. The van der Waals surface area contributed by atoms with Gasteiger partial charge in [0.1, 0.15) is 0 Å². The molecule has 0 bridgehead atoms. The molecule has 0 saturated carbocycles. The van der Waals surface area contributed by atoms with Crippen LogP contribution in [0.4, 0.5) is 0 Å². The Balaban J connectivity index is 2.02. The van der Waals surface area contributed by atoms with E-state index in [2.05, 4.69) is 43.2 Å². The Morgan fingerprint density at radius 3 is 2.40 bits per heavy atom. The van der Waals surface area contributed by atoms with Crippen molar-refractivity contribution < 1.29 is 0 Å². The Kier molecular flexibility index (Phi) is 5.48. The largest absolute Gasteiger partial charge is 0.317 e. The Morgan fingerprint density at radius 2 is 1.85 bits per heavy atom. The van der Waals surface area contributed by atoms with Gasteiger partial charge in [-0.2, -0.15) is 0 Å². The Hall–Kier alpha value is -0.570. The third-order valence-corrected chi connectivity index (χ3v) is 5.26. The van der Waals surface area contributed by atoms with Crippen LogP contribution in [0.3, 0.4) is 0 Å². The van der Waals surface area contributed by atoms with Gasteiger partial charge in [0, 0.05) is 17.6 Å². The molecular formula is C17H27ClN2. The minimum atomic E-state index is 0.436. The predicted octanol–water partition coefficient (Wildman–Crippen LogP) is 4.11. The van der Waals surface area contributed by atoms with Crippen LogP contribution in [-0.2, 0) is 0 Å². The number of hydrogen-bond acceptors (Lipinski definition) is 2. The molecule has 0 spiro atoms. The number of hydrogen-bond donors (Lipinski definition) is 1. The van der Waals surface area contributed by atoms with Crippen molar-refractivity contribution in [3.8, 4) is 0 Å². The Bertz CT molecular complexity index is 410. The number of nitrogens with one attached hydrogen (secondary N) is 1. The molecule has 0 amide bonds. The lowest BCUT2D eigenvalue weighted by molar-refractivity contribution is 0.101. The molecule has 1 fully saturated rings. The fraction of sp³-hybridized carbons (Fsp3) is 0.647. The van der Waals surface area contributed by atoms with Gasteiger partial charge in [0.05, 0.1) is 0 Å². The highest BCUT2D eigenvalue weighted by molar-refractivity contribution is 6.30. The second-order valence-electron chi connectivity index (χ2n) is 6.25. The summed E-state index contributed by atoms with van der Waals surface area (Å²) in [7, 11) is 2.25. The summed E-state index contributed by atoms with van der Waals surface area (Å²) >= 11 is 5.98. The molecule has 1 aliphatic rings. The second-order valence-corrected chi connectivity index (χ2v) is 6.68. The summed E-state index contributed by atoms with van der Waals surface area (Å²) in [6, 6.07) is 8.70. The van der Waals surface area contributed by atoms with Crippen molar-refractivity contribution in [2.24, 2.45) is 5.41 Å². The van der Waals surface area contributed by atoms with Crippen LogP contribution in [0.25, 0.3) is 0 Å². The van der Waals surface area contributed by atoms with Crippen molar-refractivity contribution in [1.82, 2.24) is 10.2 Å². The van der Waals surface area contributed by atoms with Crippen molar-refractivity contribution in [2.45, 2.75) is 39.2 Å². The van der Waals surface area contributed by atoms with E-state index < -0.39 is 0 Å². The summed E-state index contributed by atoms with van der Waals surface area (Å²) in [6.07, 6.45) is 3.86. The van der Waals surface area contributed by atoms with Crippen LogP contribution in [0.1, 0.15) is 44.7 Å². The highest BCUT2D eigenvalue weighted by Gasteiger charge is 2.32. The molecule has 1 aromatic rings. The van der Waals surface area contributed by atoms with Gasteiger partial charge in [0.15, 0.2) is 0 Å². The lowest BCUT2D eigenvalue weighted by Crippen LogP contribution is -2.44. The van der Waals surface area contributed by atoms with Gasteiger partial charge >= 0.3 is 0 Å². The fourth-order valence-electron chi connectivity index (χ4n) is 3.24. The van der Waals surface area contributed by atoms with Crippen LogP contribution in [-0.4, -0.2) is 31.6 Å². The van der Waals surface area contributed by atoms with E-state index in [1.165, 1.54) is 31.4 Å². The molecule has 0 aliphatic carbocycles. The zero-order valence-corrected chi connectivity index (χ0v) is 13.7. The van der Waals surface area contributed by atoms with Crippen LogP contribution < -0.4 is 5.32 Å². The van der Waals surface area contributed by atoms with Crippen molar-refractivity contribution in [1.29, 1.82) is 0 Å². The van der Waals surface area contributed by atoms with E-state index in [0.717, 1.165) is 18.1 Å². The van der Waals surface area contributed by atoms with Crippen LogP contribution >= 0.6 is 11.6 Å². The molecule has 1 unspecified atom stereocenters. The van der Waals surface area contributed by atoms with E-state index >= 15 is 0 Å². The van der Waals surface area contributed by atoms with Gasteiger partial charge in [-0.3, -0.25) is 4.90 Å². The lowest BCUT2D eigenvalue weighted by Gasteiger charge is -2.41. The normalized spacial score (nSPS) is 20.1. The lowest BCUT2D eigenvalue weighted by atomic mass is 9.76. The van der Waals surface area contributed by atoms with E-state index in [9.17, 15) is 0 Å². The summed E-state index contributed by atoms with van der Waals surface area (Å²) in [6.45, 7) is 8.13. The van der Waals surface area contributed by atoms with Gasteiger partial charge in [-0.05, 0) is 69.4 Å². The Morgan fingerprint density at radius 1 is 1.25 bits per heavy atom. The van der Waals surface area contributed by atoms with E-state index in [1.807, 2.05) is 12.1 Å². The number of halogens is 1. The van der Waals surface area contributed by atoms with Crippen LogP contribution in [0.5, 0.6) is 0 Å². The first-order valence-electron chi connectivity index (χ1n) is 7.73. The molecule has 1 N–H and O–H groups in total. The molecule has 112 valence electrons. The average molecular weight is 295 g/mol. The first kappa shape index (κ1) is 15.8. The second kappa shape index (κ2) is 6.93. The van der Waals surface area contributed by atoms with E-state index in [1.54, 1.807) is 0 Å². The van der Waals surface area contributed by atoms with E-state index in [0.29, 0.717) is 11.5 Å². The fourth-order valence-corrected chi connectivity index (χ4v) is 3.37. The van der Waals surface area contributed by atoms with E-state index in [-0.39, 0.29) is 0 Å². The smallest absolute Gasteiger partial charge is 0.0406 e. The standard InChI is InChI=1S/C17H27ClN2/c1-4-17(9-11-19-12-10-17)13-20(3)14(2)15-5-7-16(18)8-6-15/h5-8,14,19H,4,9-13H2,1-3H3. The molecule has 3 heteroatoms. The summed E-state index contributed by atoms with van der Waals surface area (Å²) in [5.41, 5.74) is 1.83. The molecule has 1 atom stereocenters. The van der Waals surface area contributed by atoms with Crippen molar-refractivity contribution >= 4 is 11.6 Å².